The highest BCUT2D eigenvalue weighted by Gasteiger charge is 2.13. The zero-order valence-electron chi connectivity index (χ0n) is 6.88. The summed E-state index contributed by atoms with van der Waals surface area (Å²) in [6.07, 6.45) is 3.22. The van der Waals surface area contributed by atoms with Gasteiger partial charge in [-0.15, -0.1) is 0 Å². The maximum Gasteiger partial charge on any atom is 0.0639 e. The summed E-state index contributed by atoms with van der Waals surface area (Å²) in [7, 11) is 0. The minimum Gasteiger partial charge on any atom is -0.392 e. The lowest BCUT2D eigenvalue weighted by atomic mass is 9.93. The number of hydrogen-bond acceptors (Lipinski definition) is 2. The van der Waals surface area contributed by atoms with Gasteiger partial charge in [-0.05, 0) is 25.2 Å². The quantitative estimate of drug-likeness (QED) is 0.625. The molecule has 2 heteroatoms. The van der Waals surface area contributed by atoms with E-state index in [-0.39, 0.29) is 6.61 Å². The molecule has 1 aliphatic heterocycles. The summed E-state index contributed by atoms with van der Waals surface area (Å²) < 4.78 is 5.22. The van der Waals surface area contributed by atoms with Gasteiger partial charge in [0.05, 0.1) is 6.61 Å². The Kier molecular flexibility index (Phi) is 3.60. The van der Waals surface area contributed by atoms with E-state index in [0.29, 0.717) is 5.92 Å². The van der Waals surface area contributed by atoms with Crippen molar-refractivity contribution in [2.45, 2.75) is 19.3 Å². The first-order valence-electron chi connectivity index (χ1n) is 4.18. The molecule has 0 radical (unpaired) electrons. The molecule has 0 atom stereocenters. The Morgan fingerprint density at radius 1 is 1.45 bits per heavy atom. The van der Waals surface area contributed by atoms with Crippen LogP contribution in [0.2, 0.25) is 0 Å². The van der Waals surface area contributed by atoms with Crippen molar-refractivity contribution in [1.29, 1.82) is 0 Å². The molecule has 0 unspecified atom stereocenters. The maximum absolute atomic E-state index is 8.73. The maximum atomic E-state index is 8.73. The average molecular weight is 156 g/mol. The molecule has 0 aromatic carbocycles. The third-order valence-corrected chi connectivity index (χ3v) is 2.14. The van der Waals surface area contributed by atoms with E-state index >= 15 is 0 Å². The minimum atomic E-state index is 0.136. The molecule has 1 aliphatic rings. The normalized spacial score (nSPS) is 20.1. The van der Waals surface area contributed by atoms with Crippen molar-refractivity contribution >= 4 is 0 Å². The van der Waals surface area contributed by atoms with Crippen LogP contribution in [0, 0.1) is 5.92 Å². The zero-order chi connectivity index (χ0) is 8.10. The van der Waals surface area contributed by atoms with Gasteiger partial charge in [0.1, 0.15) is 0 Å². The highest BCUT2D eigenvalue weighted by atomic mass is 16.5. The number of aliphatic hydroxyl groups excluding tert-OH is 1. The molecule has 0 aromatic heterocycles. The average Bonchev–Trinajstić information content (AvgIpc) is 2.06. The molecule has 0 spiro atoms. The molecule has 64 valence electrons. The van der Waals surface area contributed by atoms with E-state index in [4.69, 9.17) is 9.84 Å². The molecular weight excluding hydrogens is 140 g/mol. The van der Waals surface area contributed by atoms with Gasteiger partial charge in [-0.3, -0.25) is 0 Å². The SMILES string of the molecule is C=C(CO)CC1CCOCC1. The fraction of sp³-hybridized carbons (Fsp3) is 0.778. The lowest BCUT2D eigenvalue weighted by Gasteiger charge is -2.22. The Morgan fingerprint density at radius 3 is 2.64 bits per heavy atom. The van der Waals surface area contributed by atoms with Crippen LogP contribution in [0.1, 0.15) is 19.3 Å². The Bertz CT molecular complexity index is 126. The molecule has 1 N–H and O–H groups in total. The van der Waals surface area contributed by atoms with E-state index in [2.05, 4.69) is 6.58 Å². The fourth-order valence-corrected chi connectivity index (χ4v) is 1.42. The molecule has 1 rings (SSSR count). The van der Waals surface area contributed by atoms with E-state index in [0.717, 1.165) is 38.0 Å². The van der Waals surface area contributed by atoms with Crippen LogP contribution in [0.4, 0.5) is 0 Å². The van der Waals surface area contributed by atoms with E-state index in [1.165, 1.54) is 0 Å². The predicted molar refractivity (Wildman–Crippen MR) is 44.4 cm³/mol. The van der Waals surface area contributed by atoms with Crippen LogP contribution in [0.3, 0.4) is 0 Å². The molecule has 0 saturated carbocycles. The lowest BCUT2D eigenvalue weighted by molar-refractivity contribution is 0.0658. The van der Waals surface area contributed by atoms with Gasteiger partial charge in [0, 0.05) is 13.2 Å². The largest absolute Gasteiger partial charge is 0.392 e. The van der Waals surface area contributed by atoms with E-state index in [9.17, 15) is 0 Å². The van der Waals surface area contributed by atoms with Crippen LogP contribution in [-0.4, -0.2) is 24.9 Å². The van der Waals surface area contributed by atoms with Gasteiger partial charge < -0.3 is 9.84 Å². The molecule has 0 aromatic rings. The van der Waals surface area contributed by atoms with Crippen molar-refractivity contribution in [3.63, 3.8) is 0 Å². The van der Waals surface area contributed by atoms with E-state index in [1.807, 2.05) is 0 Å². The fourth-order valence-electron chi connectivity index (χ4n) is 1.42. The Labute approximate surface area is 67.9 Å². The van der Waals surface area contributed by atoms with Crippen LogP contribution in [0.15, 0.2) is 12.2 Å². The van der Waals surface area contributed by atoms with Crippen LogP contribution in [0.5, 0.6) is 0 Å². The Morgan fingerprint density at radius 2 is 2.09 bits per heavy atom. The van der Waals surface area contributed by atoms with Gasteiger partial charge in [0.25, 0.3) is 0 Å². The Balaban J connectivity index is 2.19. The molecule has 0 aliphatic carbocycles. The number of ether oxygens (including phenoxy) is 1. The standard InChI is InChI=1S/C9H16O2/c1-8(7-10)6-9-2-4-11-5-3-9/h9-10H,1-7H2. The van der Waals surface area contributed by atoms with Crippen molar-refractivity contribution in [1.82, 2.24) is 0 Å². The molecule has 2 nitrogen and oxygen atoms in total. The van der Waals surface area contributed by atoms with Gasteiger partial charge in [0.2, 0.25) is 0 Å². The number of hydrogen-bond donors (Lipinski definition) is 1. The summed E-state index contributed by atoms with van der Waals surface area (Å²) >= 11 is 0. The van der Waals surface area contributed by atoms with Crippen molar-refractivity contribution < 1.29 is 9.84 Å². The molecular formula is C9H16O2. The summed E-state index contributed by atoms with van der Waals surface area (Å²) in [5, 5.41) is 8.73. The molecule has 1 heterocycles. The van der Waals surface area contributed by atoms with Crippen molar-refractivity contribution in [3.8, 4) is 0 Å². The van der Waals surface area contributed by atoms with E-state index < -0.39 is 0 Å². The molecule has 0 amide bonds. The van der Waals surface area contributed by atoms with Gasteiger partial charge in [-0.1, -0.05) is 12.2 Å². The number of rotatable bonds is 3. The van der Waals surface area contributed by atoms with Crippen molar-refractivity contribution in [2.75, 3.05) is 19.8 Å². The van der Waals surface area contributed by atoms with Crippen molar-refractivity contribution in [3.05, 3.63) is 12.2 Å². The van der Waals surface area contributed by atoms with Crippen molar-refractivity contribution in [2.24, 2.45) is 5.92 Å². The molecule has 1 fully saturated rings. The van der Waals surface area contributed by atoms with Crippen LogP contribution >= 0.6 is 0 Å². The summed E-state index contributed by atoms with van der Waals surface area (Å²) in [6.45, 7) is 5.67. The van der Waals surface area contributed by atoms with Gasteiger partial charge in [0.15, 0.2) is 0 Å². The first kappa shape index (κ1) is 8.75. The number of aliphatic hydroxyl groups is 1. The Hall–Kier alpha value is -0.340. The first-order valence-corrected chi connectivity index (χ1v) is 4.18. The third kappa shape index (κ3) is 3.04. The van der Waals surface area contributed by atoms with Crippen LogP contribution in [-0.2, 0) is 4.74 Å². The van der Waals surface area contributed by atoms with E-state index in [1.54, 1.807) is 0 Å². The summed E-state index contributed by atoms with van der Waals surface area (Å²) in [4.78, 5) is 0. The zero-order valence-corrected chi connectivity index (χ0v) is 6.88. The van der Waals surface area contributed by atoms with Crippen LogP contribution < -0.4 is 0 Å². The second-order valence-electron chi connectivity index (χ2n) is 3.17. The smallest absolute Gasteiger partial charge is 0.0639 e. The van der Waals surface area contributed by atoms with Crippen LogP contribution in [0.25, 0.3) is 0 Å². The third-order valence-electron chi connectivity index (χ3n) is 2.14. The summed E-state index contributed by atoms with van der Waals surface area (Å²) in [5.41, 5.74) is 0.955. The monoisotopic (exact) mass is 156 g/mol. The molecule has 11 heavy (non-hydrogen) atoms. The highest BCUT2D eigenvalue weighted by Crippen LogP contribution is 2.21. The summed E-state index contributed by atoms with van der Waals surface area (Å²) in [6, 6.07) is 0. The summed E-state index contributed by atoms with van der Waals surface area (Å²) in [5.74, 6) is 0.698. The second kappa shape index (κ2) is 4.52. The first-order chi connectivity index (χ1) is 5.33. The lowest BCUT2D eigenvalue weighted by Crippen LogP contribution is -2.16. The highest BCUT2D eigenvalue weighted by molar-refractivity contribution is 4.95. The second-order valence-corrected chi connectivity index (χ2v) is 3.17. The molecule has 0 bridgehead atoms. The van der Waals surface area contributed by atoms with Gasteiger partial charge >= 0.3 is 0 Å². The minimum absolute atomic E-state index is 0.136. The molecule has 1 saturated heterocycles. The van der Waals surface area contributed by atoms with Gasteiger partial charge in [-0.25, -0.2) is 0 Å². The predicted octanol–water partition coefficient (Wildman–Crippen LogP) is 1.35. The topological polar surface area (TPSA) is 29.5 Å². The van der Waals surface area contributed by atoms with Gasteiger partial charge in [-0.2, -0.15) is 0 Å².